The number of anilines is 1. The molecule has 0 saturated carbocycles. The van der Waals surface area contributed by atoms with Crippen LogP contribution < -0.4 is 15.2 Å². The Morgan fingerprint density at radius 2 is 1.77 bits per heavy atom. The van der Waals surface area contributed by atoms with Crippen LogP contribution in [0.1, 0.15) is 25.3 Å². The van der Waals surface area contributed by atoms with Crippen LogP contribution in [0, 0.1) is 21.4 Å². The Balaban J connectivity index is 1.60. The highest BCUT2D eigenvalue weighted by Gasteiger charge is 2.34. The zero-order chi connectivity index (χ0) is 22.2. The number of aromatic nitrogens is 1. The Bertz CT molecular complexity index is 1250. The number of nitro benzene ring substituents is 1. The van der Waals surface area contributed by atoms with E-state index in [9.17, 15) is 20.2 Å². The third kappa shape index (κ3) is 3.70. The maximum Gasteiger partial charge on any atom is 0.270 e. The Morgan fingerprint density at radius 3 is 2.39 bits per heavy atom. The van der Waals surface area contributed by atoms with Crippen LogP contribution in [0.2, 0.25) is 0 Å². The minimum Gasteiger partial charge on any atom is -0.487 e. The van der Waals surface area contributed by atoms with Crippen molar-refractivity contribution >= 4 is 22.3 Å². The number of non-ortho nitro benzene ring substituents is 1. The number of para-hydroxylation sites is 1. The summed E-state index contributed by atoms with van der Waals surface area (Å²) in [6, 6.07) is 15.8. The number of hydrogen-bond donors (Lipinski definition) is 0. The lowest BCUT2D eigenvalue weighted by molar-refractivity contribution is -0.384. The van der Waals surface area contributed by atoms with E-state index in [1.165, 1.54) is 16.7 Å². The van der Waals surface area contributed by atoms with Gasteiger partial charge in [0.25, 0.3) is 11.2 Å². The molecule has 2 heterocycles. The zero-order valence-corrected chi connectivity index (χ0v) is 17.4. The van der Waals surface area contributed by atoms with Crippen molar-refractivity contribution in [3.63, 3.8) is 0 Å². The molecular weight excluding hydrogens is 396 g/mol. The van der Waals surface area contributed by atoms with Crippen molar-refractivity contribution in [3.8, 4) is 11.8 Å². The van der Waals surface area contributed by atoms with Crippen molar-refractivity contribution in [2.24, 2.45) is 7.05 Å². The van der Waals surface area contributed by atoms with Gasteiger partial charge in [-0.3, -0.25) is 14.9 Å². The standard InChI is InChI=1S/C23H22N4O4/c1-23(31-17-9-7-16(8-10-17)27(29)30)11-13-26(14-12-23)21-18-5-3-4-6-20(18)25(2)22(28)19(21)15-24/h3-10H,11-14H2,1-2H3. The molecule has 2 aromatic carbocycles. The first kappa shape index (κ1) is 20.4. The molecule has 0 amide bonds. The van der Waals surface area contributed by atoms with Crippen molar-refractivity contribution in [1.82, 2.24) is 4.57 Å². The third-order valence-electron chi connectivity index (χ3n) is 5.94. The number of nitrogens with zero attached hydrogens (tertiary/aromatic N) is 4. The van der Waals surface area contributed by atoms with Crippen LogP contribution in [0.15, 0.2) is 53.3 Å². The lowest BCUT2D eigenvalue weighted by Gasteiger charge is -2.41. The molecule has 1 aromatic heterocycles. The molecule has 158 valence electrons. The summed E-state index contributed by atoms with van der Waals surface area (Å²) in [4.78, 5) is 25.2. The fraction of sp³-hybridized carbons (Fsp3) is 0.304. The van der Waals surface area contributed by atoms with Crippen LogP contribution in [-0.4, -0.2) is 28.2 Å². The van der Waals surface area contributed by atoms with Gasteiger partial charge in [0.2, 0.25) is 0 Å². The Kier molecular flexibility index (Phi) is 5.11. The Hall–Kier alpha value is -3.86. The van der Waals surface area contributed by atoms with E-state index in [1.807, 2.05) is 31.2 Å². The summed E-state index contributed by atoms with van der Waals surface area (Å²) < 4.78 is 7.69. The van der Waals surface area contributed by atoms with Gasteiger partial charge < -0.3 is 14.2 Å². The summed E-state index contributed by atoms with van der Waals surface area (Å²) in [6.45, 7) is 3.25. The van der Waals surface area contributed by atoms with E-state index in [-0.39, 0.29) is 16.8 Å². The summed E-state index contributed by atoms with van der Waals surface area (Å²) in [7, 11) is 1.68. The third-order valence-corrected chi connectivity index (χ3v) is 5.94. The van der Waals surface area contributed by atoms with Gasteiger partial charge in [-0.2, -0.15) is 5.26 Å². The maximum absolute atomic E-state index is 12.8. The van der Waals surface area contributed by atoms with E-state index in [0.29, 0.717) is 37.4 Å². The van der Waals surface area contributed by atoms with E-state index in [0.717, 1.165) is 10.9 Å². The van der Waals surface area contributed by atoms with Crippen LogP contribution in [0.3, 0.4) is 0 Å². The quantitative estimate of drug-likeness (QED) is 0.472. The number of benzene rings is 2. The molecule has 1 aliphatic heterocycles. The average molecular weight is 418 g/mol. The molecule has 8 nitrogen and oxygen atoms in total. The molecule has 1 fully saturated rings. The summed E-state index contributed by atoms with van der Waals surface area (Å²) >= 11 is 0. The first-order valence-electron chi connectivity index (χ1n) is 10.0. The number of nitro groups is 1. The van der Waals surface area contributed by atoms with Crippen molar-refractivity contribution in [1.29, 1.82) is 5.26 Å². The molecule has 3 aromatic rings. The highest BCUT2D eigenvalue weighted by atomic mass is 16.6. The second-order valence-corrected chi connectivity index (χ2v) is 8.01. The van der Waals surface area contributed by atoms with Crippen molar-refractivity contribution in [2.45, 2.75) is 25.4 Å². The Morgan fingerprint density at radius 1 is 1.13 bits per heavy atom. The van der Waals surface area contributed by atoms with Crippen LogP contribution in [0.5, 0.6) is 5.75 Å². The molecule has 1 aliphatic rings. The number of aryl methyl sites for hydroxylation is 1. The van der Waals surface area contributed by atoms with Gasteiger partial charge in [-0.25, -0.2) is 0 Å². The highest BCUT2D eigenvalue weighted by molar-refractivity contribution is 5.94. The molecule has 0 N–H and O–H groups in total. The largest absolute Gasteiger partial charge is 0.487 e. The van der Waals surface area contributed by atoms with Crippen LogP contribution in [-0.2, 0) is 7.05 Å². The van der Waals surface area contributed by atoms with Gasteiger partial charge in [0.15, 0.2) is 0 Å². The second kappa shape index (κ2) is 7.76. The van der Waals surface area contributed by atoms with Gasteiger partial charge in [-0.05, 0) is 25.1 Å². The fourth-order valence-electron chi connectivity index (χ4n) is 4.13. The van der Waals surface area contributed by atoms with Crippen molar-refractivity contribution < 1.29 is 9.66 Å². The second-order valence-electron chi connectivity index (χ2n) is 8.01. The molecule has 0 atom stereocenters. The monoisotopic (exact) mass is 418 g/mol. The predicted molar refractivity (Wildman–Crippen MR) is 117 cm³/mol. The molecule has 1 saturated heterocycles. The molecule has 8 heteroatoms. The van der Waals surface area contributed by atoms with E-state index in [4.69, 9.17) is 4.74 Å². The molecule has 0 aliphatic carbocycles. The molecule has 0 radical (unpaired) electrons. The molecule has 0 unspecified atom stereocenters. The highest BCUT2D eigenvalue weighted by Crippen LogP contribution is 2.35. The van der Waals surface area contributed by atoms with E-state index in [1.54, 1.807) is 19.2 Å². The van der Waals surface area contributed by atoms with Crippen molar-refractivity contribution in [2.75, 3.05) is 18.0 Å². The first-order chi connectivity index (χ1) is 14.8. The number of fused-ring (bicyclic) bond motifs is 1. The van der Waals surface area contributed by atoms with Gasteiger partial charge in [-0.15, -0.1) is 0 Å². The SMILES string of the molecule is Cn1c(=O)c(C#N)c(N2CCC(C)(Oc3ccc([N+](=O)[O-])cc3)CC2)c2ccccc21. The number of rotatable bonds is 4. The van der Waals surface area contributed by atoms with Gasteiger partial charge >= 0.3 is 0 Å². The van der Waals surface area contributed by atoms with E-state index in [2.05, 4.69) is 11.0 Å². The van der Waals surface area contributed by atoms with Crippen LogP contribution >= 0.6 is 0 Å². The molecule has 31 heavy (non-hydrogen) atoms. The van der Waals surface area contributed by atoms with E-state index >= 15 is 0 Å². The summed E-state index contributed by atoms with van der Waals surface area (Å²) in [5.74, 6) is 0.582. The average Bonchev–Trinajstić information content (AvgIpc) is 2.77. The number of nitriles is 1. The van der Waals surface area contributed by atoms with Gasteiger partial charge in [0.1, 0.15) is 23.0 Å². The predicted octanol–water partition coefficient (Wildman–Crippen LogP) is 3.76. The first-order valence-corrected chi connectivity index (χ1v) is 10.0. The van der Waals surface area contributed by atoms with Crippen LogP contribution in [0.4, 0.5) is 11.4 Å². The lowest BCUT2D eigenvalue weighted by atomic mass is 9.92. The minimum atomic E-state index is -0.449. The smallest absolute Gasteiger partial charge is 0.270 e. The van der Waals surface area contributed by atoms with E-state index < -0.39 is 10.5 Å². The zero-order valence-electron chi connectivity index (χ0n) is 17.4. The maximum atomic E-state index is 12.8. The molecule has 0 spiro atoms. The molecular formula is C23H22N4O4. The normalized spacial score (nSPS) is 15.5. The molecule has 4 rings (SSSR count). The van der Waals surface area contributed by atoms with Gasteiger partial charge in [0.05, 0.1) is 16.1 Å². The molecule has 0 bridgehead atoms. The number of pyridine rings is 1. The van der Waals surface area contributed by atoms with Crippen LogP contribution in [0.25, 0.3) is 10.9 Å². The van der Waals surface area contributed by atoms with Gasteiger partial charge in [0, 0.05) is 50.5 Å². The summed E-state index contributed by atoms with van der Waals surface area (Å²) in [5, 5.41) is 21.4. The Labute approximate surface area is 179 Å². The summed E-state index contributed by atoms with van der Waals surface area (Å²) in [5.41, 5.74) is 0.895. The topological polar surface area (TPSA) is 101 Å². The summed E-state index contributed by atoms with van der Waals surface area (Å²) in [6.07, 6.45) is 1.36. The number of hydrogen-bond acceptors (Lipinski definition) is 6. The number of piperidine rings is 1. The van der Waals surface area contributed by atoms with Crippen molar-refractivity contribution in [3.05, 3.63) is 74.6 Å². The minimum absolute atomic E-state index is 0.0221. The lowest BCUT2D eigenvalue weighted by Crippen LogP contribution is -2.46. The number of ether oxygens (including phenoxy) is 1. The fourth-order valence-corrected chi connectivity index (χ4v) is 4.13. The van der Waals surface area contributed by atoms with Gasteiger partial charge in [-0.1, -0.05) is 18.2 Å².